The fourth-order valence-electron chi connectivity index (χ4n) is 1.37. The summed E-state index contributed by atoms with van der Waals surface area (Å²) in [6.07, 6.45) is 1.34. The zero-order chi connectivity index (χ0) is 11.0. The van der Waals surface area contributed by atoms with Gasteiger partial charge in [0.15, 0.2) is 11.3 Å². The van der Waals surface area contributed by atoms with E-state index in [2.05, 4.69) is 4.42 Å². The van der Waals surface area contributed by atoms with E-state index in [0.29, 0.717) is 0 Å². The molecule has 0 atom stereocenters. The number of fused-ring (bicyclic) bond motifs is 1. The molecule has 0 fully saturated rings. The molecule has 0 spiro atoms. The van der Waals surface area contributed by atoms with Crippen molar-refractivity contribution in [3.8, 4) is 5.75 Å². The van der Waals surface area contributed by atoms with Crippen LogP contribution in [0.3, 0.4) is 0 Å². The van der Waals surface area contributed by atoms with Crippen molar-refractivity contribution >= 4 is 11.0 Å². The quantitative estimate of drug-likeness (QED) is 0.700. The molecule has 0 bridgehead atoms. The predicted molar refractivity (Wildman–Crippen MR) is 52.3 cm³/mol. The van der Waals surface area contributed by atoms with Gasteiger partial charge in [0.25, 0.3) is 0 Å². The van der Waals surface area contributed by atoms with Gasteiger partial charge in [0.2, 0.25) is 0 Å². The maximum Gasteiger partial charge on any atom is 0.350 e. The molecule has 0 saturated heterocycles. The summed E-state index contributed by atoms with van der Waals surface area (Å²) in [4.78, 5) is 22.7. The van der Waals surface area contributed by atoms with Gasteiger partial charge in [0.05, 0.1) is 18.9 Å². The van der Waals surface area contributed by atoms with Crippen LogP contribution in [0.25, 0.3) is 11.0 Å². The van der Waals surface area contributed by atoms with Gasteiger partial charge in [-0.15, -0.1) is 0 Å². The molecule has 2 heterocycles. The minimum atomic E-state index is -0.727. The molecule has 0 aromatic carbocycles. The highest BCUT2D eigenvalue weighted by Crippen LogP contribution is 2.24. The maximum atomic E-state index is 11.4. The monoisotopic (exact) mass is 208 g/mol. The van der Waals surface area contributed by atoms with Crippen molar-refractivity contribution in [1.82, 2.24) is 0 Å². The molecule has 0 aliphatic heterocycles. The van der Waals surface area contributed by atoms with Crippen LogP contribution in [0.2, 0.25) is 0 Å². The minimum absolute atomic E-state index is 0.192. The van der Waals surface area contributed by atoms with E-state index in [4.69, 9.17) is 9.15 Å². The third kappa shape index (κ3) is 1.32. The summed E-state index contributed by atoms with van der Waals surface area (Å²) in [6, 6.07) is 1.43. The zero-order valence-corrected chi connectivity index (χ0v) is 8.20. The molecule has 0 aliphatic rings. The average Bonchev–Trinajstić information content (AvgIpc) is 2.64. The van der Waals surface area contributed by atoms with Crippen molar-refractivity contribution in [3.05, 3.63) is 38.7 Å². The fourth-order valence-corrected chi connectivity index (χ4v) is 1.37. The Hall–Kier alpha value is -2.04. The molecule has 0 aliphatic carbocycles. The van der Waals surface area contributed by atoms with Crippen LogP contribution >= 0.6 is 0 Å². The Kier molecular flexibility index (Phi) is 2.07. The molecule has 0 radical (unpaired) electrons. The third-order valence-electron chi connectivity index (χ3n) is 2.13. The Balaban J connectivity index is 3.15. The van der Waals surface area contributed by atoms with E-state index in [0.717, 1.165) is 0 Å². The van der Waals surface area contributed by atoms with Crippen molar-refractivity contribution in [2.75, 3.05) is 7.11 Å². The number of hydrogen-bond acceptors (Lipinski definition) is 5. The Morgan fingerprint density at radius 1 is 1.27 bits per heavy atom. The largest absolute Gasteiger partial charge is 0.492 e. The Morgan fingerprint density at radius 2 is 2.00 bits per heavy atom. The second-order valence-electron chi connectivity index (χ2n) is 3.00. The summed E-state index contributed by atoms with van der Waals surface area (Å²) in [5, 5.41) is 0.192. The summed E-state index contributed by atoms with van der Waals surface area (Å²) in [6.45, 7) is 1.51. The predicted octanol–water partition coefficient (Wildman–Crippen LogP) is 1.06. The lowest BCUT2D eigenvalue weighted by Gasteiger charge is -1.97. The highest BCUT2D eigenvalue weighted by molar-refractivity contribution is 5.81. The number of rotatable bonds is 1. The van der Waals surface area contributed by atoms with Gasteiger partial charge in [0.1, 0.15) is 5.39 Å². The third-order valence-corrected chi connectivity index (χ3v) is 2.13. The highest BCUT2D eigenvalue weighted by Gasteiger charge is 2.13. The van der Waals surface area contributed by atoms with Gasteiger partial charge in [-0.05, 0) is 13.0 Å². The Labute approximate surface area is 83.9 Å². The van der Waals surface area contributed by atoms with E-state index in [-0.39, 0.29) is 22.3 Å². The highest BCUT2D eigenvalue weighted by atomic mass is 16.5. The van der Waals surface area contributed by atoms with Gasteiger partial charge < -0.3 is 13.6 Å². The summed E-state index contributed by atoms with van der Waals surface area (Å²) in [7, 11) is 1.40. The van der Waals surface area contributed by atoms with Crippen LogP contribution < -0.4 is 16.0 Å². The molecule has 5 nitrogen and oxygen atoms in total. The van der Waals surface area contributed by atoms with Crippen LogP contribution in [0.1, 0.15) is 5.56 Å². The summed E-state index contributed by atoms with van der Waals surface area (Å²) in [5.41, 5.74) is -1.01. The van der Waals surface area contributed by atoms with Crippen molar-refractivity contribution in [1.29, 1.82) is 0 Å². The number of methoxy groups -OCH3 is 1. The molecule has 0 amide bonds. The van der Waals surface area contributed by atoms with Gasteiger partial charge in [-0.25, -0.2) is 9.59 Å². The molecule has 0 unspecified atom stereocenters. The van der Waals surface area contributed by atoms with Crippen LogP contribution in [0.5, 0.6) is 5.75 Å². The Bertz CT molecular complexity index is 620. The van der Waals surface area contributed by atoms with E-state index in [9.17, 15) is 9.59 Å². The topological polar surface area (TPSA) is 69.7 Å². The SMILES string of the molecule is COc1c(C)c(=O)oc(=O)c2ccoc12. The number of furan rings is 1. The molecule has 2 rings (SSSR count). The summed E-state index contributed by atoms with van der Waals surface area (Å²) in [5.74, 6) is 0.228. The van der Waals surface area contributed by atoms with E-state index < -0.39 is 11.3 Å². The molecule has 78 valence electrons. The molecule has 2 aromatic rings. The maximum absolute atomic E-state index is 11.4. The number of hydrogen-bond donors (Lipinski definition) is 0. The van der Waals surface area contributed by atoms with Crippen molar-refractivity contribution in [2.45, 2.75) is 6.92 Å². The zero-order valence-electron chi connectivity index (χ0n) is 8.20. The van der Waals surface area contributed by atoms with Crippen molar-refractivity contribution < 1.29 is 13.6 Å². The molecule has 0 N–H and O–H groups in total. The minimum Gasteiger partial charge on any atom is -0.492 e. The molecule has 0 saturated carbocycles. The van der Waals surface area contributed by atoms with Crippen LogP contribution in [-0.2, 0) is 0 Å². The van der Waals surface area contributed by atoms with Gasteiger partial charge in [-0.2, -0.15) is 0 Å². The van der Waals surface area contributed by atoms with E-state index >= 15 is 0 Å². The number of ether oxygens (including phenoxy) is 1. The van der Waals surface area contributed by atoms with E-state index in [1.54, 1.807) is 0 Å². The van der Waals surface area contributed by atoms with Crippen LogP contribution in [-0.4, -0.2) is 7.11 Å². The van der Waals surface area contributed by atoms with Crippen LogP contribution in [0.15, 0.2) is 30.8 Å². The lowest BCUT2D eigenvalue weighted by Crippen LogP contribution is -2.06. The lowest BCUT2D eigenvalue weighted by molar-refractivity contribution is 0.403. The van der Waals surface area contributed by atoms with Crippen LogP contribution in [0.4, 0.5) is 0 Å². The molecular weight excluding hydrogens is 200 g/mol. The van der Waals surface area contributed by atoms with Gasteiger partial charge in [-0.3, -0.25) is 0 Å². The summed E-state index contributed by atoms with van der Waals surface area (Å²) < 4.78 is 14.7. The smallest absolute Gasteiger partial charge is 0.350 e. The first-order valence-electron chi connectivity index (χ1n) is 4.24. The average molecular weight is 208 g/mol. The molecule has 2 aromatic heterocycles. The lowest BCUT2D eigenvalue weighted by atomic mass is 10.3. The van der Waals surface area contributed by atoms with Gasteiger partial charge >= 0.3 is 11.3 Å². The Morgan fingerprint density at radius 3 is 2.67 bits per heavy atom. The standard InChI is InChI=1S/C10H8O5/c1-5-7(13-2)8-6(3-4-14-8)10(12)15-9(5)11/h3-4H,1-2H3. The molecule has 5 heteroatoms. The summed E-state index contributed by atoms with van der Waals surface area (Å²) >= 11 is 0. The second-order valence-corrected chi connectivity index (χ2v) is 3.00. The molecule has 15 heavy (non-hydrogen) atoms. The normalized spacial score (nSPS) is 10.5. The van der Waals surface area contributed by atoms with E-state index in [1.807, 2.05) is 0 Å². The first kappa shape index (κ1) is 9.51. The first-order chi connectivity index (χ1) is 7.15. The molecular formula is C10H8O5. The van der Waals surface area contributed by atoms with Gasteiger partial charge in [0, 0.05) is 0 Å². The van der Waals surface area contributed by atoms with Crippen LogP contribution in [0, 0.1) is 6.92 Å². The van der Waals surface area contributed by atoms with Gasteiger partial charge in [-0.1, -0.05) is 0 Å². The fraction of sp³-hybridized carbons (Fsp3) is 0.200. The second kappa shape index (κ2) is 3.27. The van der Waals surface area contributed by atoms with E-state index in [1.165, 1.54) is 26.4 Å². The van der Waals surface area contributed by atoms with Crippen molar-refractivity contribution in [2.24, 2.45) is 0 Å². The van der Waals surface area contributed by atoms with Crippen molar-refractivity contribution in [3.63, 3.8) is 0 Å². The first-order valence-corrected chi connectivity index (χ1v) is 4.24.